The molecular formula is C10H14Cl2O4. The molecule has 0 saturated carbocycles. The van der Waals surface area contributed by atoms with Crippen LogP contribution in [-0.2, 0) is 14.3 Å². The van der Waals surface area contributed by atoms with E-state index in [1.54, 1.807) is 0 Å². The Morgan fingerprint density at radius 1 is 1.31 bits per heavy atom. The predicted molar refractivity (Wildman–Crippen MR) is 64.0 cm³/mol. The van der Waals surface area contributed by atoms with Crippen molar-refractivity contribution in [1.82, 2.24) is 0 Å². The molecule has 4 nitrogen and oxygen atoms in total. The molecule has 1 N–H and O–H groups in total. The van der Waals surface area contributed by atoms with Crippen molar-refractivity contribution in [3.63, 3.8) is 0 Å². The molecule has 0 aliphatic rings. The summed E-state index contributed by atoms with van der Waals surface area (Å²) in [6, 6.07) is 0. The van der Waals surface area contributed by atoms with E-state index in [0.717, 1.165) is 6.08 Å². The van der Waals surface area contributed by atoms with Crippen LogP contribution in [0.15, 0.2) is 24.8 Å². The zero-order valence-electron chi connectivity index (χ0n) is 8.75. The van der Waals surface area contributed by atoms with Gasteiger partial charge < -0.3 is 9.84 Å². The van der Waals surface area contributed by atoms with Crippen molar-refractivity contribution in [3.8, 4) is 0 Å². The van der Waals surface area contributed by atoms with Gasteiger partial charge in [0.25, 0.3) is 0 Å². The third-order valence-electron chi connectivity index (χ3n) is 1.19. The normalized spacial score (nSPS) is 8.38. The Balaban J connectivity index is 0. The van der Waals surface area contributed by atoms with Crippen LogP contribution in [-0.4, -0.2) is 35.4 Å². The van der Waals surface area contributed by atoms with Crippen LogP contribution in [0, 0.1) is 0 Å². The first kappa shape index (κ1) is 17.4. The van der Waals surface area contributed by atoms with E-state index < -0.39 is 11.9 Å². The molecule has 0 rings (SSSR count). The maximum Gasteiger partial charge on any atom is 0.330 e. The van der Waals surface area contributed by atoms with Gasteiger partial charge in [0.2, 0.25) is 0 Å². The van der Waals surface area contributed by atoms with Crippen LogP contribution >= 0.6 is 23.2 Å². The van der Waals surface area contributed by atoms with Gasteiger partial charge in [0.1, 0.15) is 6.61 Å². The molecule has 0 radical (unpaired) electrons. The third kappa shape index (κ3) is 13.0. The van der Waals surface area contributed by atoms with Gasteiger partial charge in [-0.25, -0.2) is 9.59 Å². The number of aliphatic carboxylic acids is 1. The summed E-state index contributed by atoms with van der Waals surface area (Å²) < 4.78 is 4.45. The zero-order valence-corrected chi connectivity index (χ0v) is 10.3. The summed E-state index contributed by atoms with van der Waals surface area (Å²) >= 11 is 10.4. The zero-order chi connectivity index (χ0) is 13.0. The summed E-state index contributed by atoms with van der Waals surface area (Å²) in [5, 5.41) is 8.15. The molecule has 0 amide bonds. The van der Waals surface area contributed by atoms with Gasteiger partial charge in [-0.15, -0.1) is 23.2 Å². The van der Waals surface area contributed by atoms with E-state index in [2.05, 4.69) is 17.9 Å². The number of hydrogen-bond acceptors (Lipinski definition) is 3. The SMILES string of the molecule is C=C(CCCl)C(=O)O.C=CC(=O)OCCCl. The maximum atomic E-state index is 10.2. The molecule has 0 unspecified atom stereocenters. The minimum absolute atomic E-state index is 0.167. The molecule has 0 bridgehead atoms. The molecule has 6 heteroatoms. The Bertz CT molecular complexity index is 249. The highest BCUT2D eigenvalue weighted by Gasteiger charge is 2.00. The van der Waals surface area contributed by atoms with E-state index in [9.17, 15) is 9.59 Å². The smallest absolute Gasteiger partial charge is 0.330 e. The number of ether oxygens (including phenoxy) is 1. The topological polar surface area (TPSA) is 63.6 Å². The molecular weight excluding hydrogens is 255 g/mol. The molecule has 92 valence electrons. The first-order valence-electron chi connectivity index (χ1n) is 4.31. The molecule has 0 spiro atoms. The van der Waals surface area contributed by atoms with Crippen molar-refractivity contribution >= 4 is 35.1 Å². The van der Waals surface area contributed by atoms with Crippen LogP contribution in [0.2, 0.25) is 0 Å². The number of esters is 1. The fraction of sp³-hybridized carbons (Fsp3) is 0.400. The Morgan fingerprint density at radius 3 is 2.12 bits per heavy atom. The van der Waals surface area contributed by atoms with Crippen LogP contribution in [0.3, 0.4) is 0 Å². The molecule has 0 atom stereocenters. The minimum Gasteiger partial charge on any atom is -0.478 e. The number of alkyl halides is 2. The molecule has 0 aromatic carbocycles. The molecule has 0 aliphatic carbocycles. The van der Waals surface area contributed by atoms with Gasteiger partial charge in [-0.2, -0.15) is 0 Å². The number of carboxylic acids is 1. The van der Waals surface area contributed by atoms with Crippen LogP contribution in [0.5, 0.6) is 0 Å². The third-order valence-corrected chi connectivity index (χ3v) is 1.53. The van der Waals surface area contributed by atoms with Gasteiger partial charge in [-0.1, -0.05) is 13.2 Å². The molecule has 16 heavy (non-hydrogen) atoms. The van der Waals surface area contributed by atoms with Gasteiger partial charge in [0.05, 0.1) is 5.88 Å². The monoisotopic (exact) mass is 268 g/mol. The highest BCUT2D eigenvalue weighted by molar-refractivity contribution is 6.18. The summed E-state index contributed by atoms with van der Waals surface area (Å²) in [6.45, 7) is 6.71. The molecule has 0 aromatic heterocycles. The number of carboxylic acid groups (broad SMARTS) is 1. The minimum atomic E-state index is -0.967. The number of rotatable bonds is 6. The second-order valence-corrected chi connectivity index (χ2v) is 3.16. The van der Waals surface area contributed by atoms with Gasteiger partial charge >= 0.3 is 11.9 Å². The van der Waals surface area contributed by atoms with Crippen molar-refractivity contribution in [3.05, 3.63) is 24.8 Å². The van der Waals surface area contributed by atoms with E-state index in [-0.39, 0.29) is 12.2 Å². The summed E-state index contributed by atoms with van der Waals surface area (Å²) in [6.07, 6.45) is 1.46. The quantitative estimate of drug-likeness (QED) is 0.456. The first-order chi connectivity index (χ1) is 7.49. The average Bonchev–Trinajstić information content (AvgIpc) is 2.27. The van der Waals surface area contributed by atoms with Crippen molar-refractivity contribution in [1.29, 1.82) is 0 Å². The Hall–Kier alpha value is -1.00. The highest BCUT2D eigenvalue weighted by atomic mass is 35.5. The summed E-state index contributed by atoms with van der Waals surface area (Å²) in [7, 11) is 0. The number of carbonyl (C=O) groups is 2. The Kier molecular flexibility index (Phi) is 13.1. The molecule has 0 aromatic rings. The molecule has 0 saturated heterocycles. The lowest BCUT2D eigenvalue weighted by Gasteiger charge is -1.93. The van der Waals surface area contributed by atoms with Gasteiger partial charge in [0.15, 0.2) is 0 Å². The Labute approximate surface area is 104 Å². The summed E-state index contributed by atoms with van der Waals surface area (Å²) in [5.41, 5.74) is 0.167. The van der Waals surface area contributed by atoms with Gasteiger partial charge in [0, 0.05) is 17.5 Å². The van der Waals surface area contributed by atoms with E-state index >= 15 is 0 Å². The molecule has 0 heterocycles. The number of carbonyl (C=O) groups excluding carboxylic acids is 1. The van der Waals surface area contributed by atoms with Crippen molar-refractivity contribution in [2.75, 3.05) is 18.4 Å². The molecule has 0 fully saturated rings. The van der Waals surface area contributed by atoms with Crippen LogP contribution in [0.4, 0.5) is 0 Å². The lowest BCUT2D eigenvalue weighted by atomic mass is 10.2. The summed E-state index contributed by atoms with van der Waals surface area (Å²) in [5.74, 6) is -0.735. The van der Waals surface area contributed by atoms with Crippen molar-refractivity contribution in [2.45, 2.75) is 6.42 Å². The molecule has 0 aliphatic heterocycles. The summed E-state index contributed by atoms with van der Waals surface area (Å²) in [4.78, 5) is 20.1. The van der Waals surface area contributed by atoms with E-state index in [0.29, 0.717) is 18.2 Å². The number of hydrogen-bond donors (Lipinski definition) is 1. The fourth-order valence-electron chi connectivity index (χ4n) is 0.419. The second kappa shape index (κ2) is 12.1. The highest BCUT2D eigenvalue weighted by Crippen LogP contribution is 1.97. The van der Waals surface area contributed by atoms with E-state index in [1.807, 2.05) is 0 Å². The largest absolute Gasteiger partial charge is 0.478 e. The van der Waals surface area contributed by atoms with Gasteiger partial charge in [-0.3, -0.25) is 0 Å². The van der Waals surface area contributed by atoms with E-state index in [4.69, 9.17) is 28.3 Å². The Morgan fingerprint density at radius 2 is 1.88 bits per heavy atom. The van der Waals surface area contributed by atoms with Gasteiger partial charge in [-0.05, 0) is 6.42 Å². The van der Waals surface area contributed by atoms with Crippen LogP contribution in [0.1, 0.15) is 6.42 Å². The van der Waals surface area contributed by atoms with E-state index in [1.165, 1.54) is 0 Å². The van der Waals surface area contributed by atoms with Crippen molar-refractivity contribution < 1.29 is 19.4 Å². The predicted octanol–water partition coefficient (Wildman–Crippen LogP) is 2.21. The lowest BCUT2D eigenvalue weighted by Crippen LogP contribution is -2.01. The second-order valence-electron chi connectivity index (χ2n) is 2.41. The standard InChI is InChI=1S/2C5H7ClO2/c1-4(2-3-6)5(7)8;1-2-5(7)8-4-3-6/h1-3H2,(H,7,8);2H,1,3-4H2. The fourth-order valence-corrected chi connectivity index (χ4v) is 0.724. The van der Waals surface area contributed by atoms with Crippen molar-refractivity contribution in [2.24, 2.45) is 0 Å². The average molecular weight is 269 g/mol. The first-order valence-corrected chi connectivity index (χ1v) is 5.38. The van der Waals surface area contributed by atoms with Crippen LogP contribution in [0.25, 0.3) is 0 Å². The number of halogens is 2. The lowest BCUT2D eigenvalue weighted by molar-refractivity contribution is -0.137. The van der Waals surface area contributed by atoms with Crippen LogP contribution < -0.4 is 0 Å². The maximum absolute atomic E-state index is 10.2.